The maximum absolute atomic E-state index is 10.2. The summed E-state index contributed by atoms with van der Waals surface area (Å²) in [6.45, 7) is 8.07. The molecule has 0 aromatic heterocycles. The monoisotopic (exact) mass is 270 g/mol. The summed E-state index contributed by atoms with van der Waals surface area (Å²) in [6.07, 6.45) is 1.75. The van der Waals surface area contributed by atoms with Crippen molar-refractivity contribution in [3.05, 3.63) is 35.9 Å². The topological polar surface area (TPSA) is 60.7 Å². The quantitative estimate of drug-likeness (QED) is 0.770. The van der Waals surface area contributed by atoms with Crippen molar-refractivity contribution in [1.82, 2.24) is 0 Å². The van der Waals surface area contributed by atoms with Crippen LogP contribution in [0.2, 0.25) is 0 Å². The van der Waals surface area contributed by atoms with Crippen LogP contribution in [0.1, 0.15) is 52.5 Å². The lowest BCUT2D eigenvalue weighted by molar-refractivity contribution is -0.00965. The first-order chi connectivity index (χ1) is 9.14. The van der Waals surface area contributed by atoms with Gasteiger partial charge in [0.2, 0.25) is 0 Å². The van der Waals surface area contributed by atoms with E-state index in [0.717, 1.165) is 5.56 Å². The molecule has 0 saturated carbocycles. The van der Waals surface area contributed by atoms with Crippen molar-refractivity contribution in [1.29, 1.82) is 0 Å². The molecule has 0 spiro atoms. The van der Waals surface area contributed by atoms with Gasteiger partial charge in [0.1, 0.15) is 0 Å². The molecule has 0 aliphatic carbocycles. The fraction of sp³-hybridized carbons (Fsp3) is 0.625. The second kappa shape index (κ2) is 13.5. The highest BCUT2D eigenvalue weighted by Gasteiger charge is 2.27. The lowest BCUT2D eigenvalue weighted by atomic mass is 9.88. The van der Waals surface area contributed by atoms with Crippen LogP contribution in [0.25, 0.3) is 0 Å². The summed E-state index contributed by atoms with van der Waals surface area (Å²) in [5.74, 6) is 0. The molecule has 0 radical (unpaired) electrons. The maximum atomic E-state index is 10.2. The molecule has 0 saturated heterocycles. The van der Waals surface area contributed by atoms with Crippen molar-refractivity contribution in [3.63, 3.8) is 0 Å². The van der Waals surface area contributed by atoms with Gasteiger partial charge in [-0.2, -0.15) is 0 Å². The van der Waals surface area contributed by atoms with Gasteiger partial charge in [0.05, 0.1) is 5.60 Å². The number of hydrogen-bond donors (Lipinski definition) is 3. The predicted molar refractivity (Wildman–Crippen MR) is 81.1 cm³/mol. The van der Waals surface area contributed by atoms with E-state index in [2.05, 4.69) is 13.8 Å². The lowest BCUT2D eigenvalue weighted by Crippen LogP contribution is -2.28. The molecule has 19 heavy (non-hydrogen) atoms. The molecule has 3 heteroatoms. The van der Waals surface area contributed by atoms with Gasteiger partial charge in [-0.25, -0.2) is 0 Å². The summed E-state index contributed by atoms with van der Waals surface area (Å²) in [7, 11) is 0. The van der Waals surface area contributed by atoms with Crippen LogP contribution in [0.4, 0.5) is 0 Å². The molecule has 112 valence electrons. The van der Waals surface area contributed by atoms with E-state index in [1.807, 2.05) is 32.0 Å². The van der Waals surface area contributed by atoms with Crippen molar-refractivity contribution >= 4 is 0 Å². The van der Waals surface area contributed by atoms with E-state index in [9.17, 15) is 5.11 Å². The summed E-state index contributed by atoms with van der Waals surface area (Å²) in [5.41, 5.74) is -0.367. The van der Waals surface area contributed by atoms with Gasteiger partial charge in [-0.05, 0) is 5.56 Å². The smallest absolute Gasteiger partial charge is 0.0940 e. The van der Waals surface area contributed by atoms with E-state index in [4.69, 9.17) is 10.2 Å². The van der Waals surface area contributed by atoms with Gasteiger partial charge in [0, 0.05) is 26.1 Å². The van der Waals surface area contributed by atoms with Gasteiger partial charge in [-0.1, -0.05) is 64.4 Å². The number of hydrogen-bond acceptors (Lipinski definition) is 3. The van der Waals surface area contributed by atoms with Crippen molar-refractivity contribution < 1.29 is 15.3 Å². The van der Waals surface area contributed by atoms with Gasteiger partial charge in [0.25, 0.3) is 0 Å². The van der Waals surface area contributed by atoms with E-state index in [-0.39, 0.29) is 26.1 Å². The van der Waals surface area contributed by atoms with Crippen molar-refractivity contribution in [2.45, 2.75) is 52.6 Å². The fourth-order valence-corrected chi connectivity index (χ4v) is 1.53. The Labute approximate surface area is 117 Å². The van der Waals surface area contributed by atoms with Gasteiger partial charge in [-0.15, -0.1) is 0 Å². The summed E-state index contributed by atoms with van der Waals surface area (Å²) < 4.78 is 0. The Morgan fingerprint density at radius 3 is 1.58 bits per heavy atom. The van der Waals surface area contributed by atoms with E-state index >= 15 is 0 Å². The first-order valence-corrected chi connectivity index (χ1v) is 7.14. The highest BCUT2D eigenvalue weighted by Crippen LogP contribution is 2.27. The van der Waals surface area contributed by atoms with Crippen LogP contribution in [-0.2, 0) is 5.60 Å². The van der Waals surface area contributed by atoms with Crippen LogP contribution in [-0.4, -0.2) is 28.5 Å². The van der Waals surface area contributed by atoms with Gasteiger partial charge in [0.15, 0.2) is 0 Å². The number of aliphatic hydroxyl groups excluding tert-OH is 2. The van der Waals surface area contributed by atoms with Gasteiger partial charge < -0.3 is 15.3 Å². The molecule has 0 unspecified atom stereocenters. The Bertz CT molecular complexity index is 267. The molecule has 0 aliphatic heterocycles. The third kappa shape index (κ3) is 8.76. The molecule has 0 fully saturated rings. The molecule has 3 N–H and O–H groups in total. The second-order valence-electron chi connectivity index (χ2n) is 4.05. The highest BCUT2D eigenvalue weighted by molar-refractivity contribution is 5.22. The molecule has 0 atom stereocenters. The number of rotatable bonds is 5. The minimum absolute atomic E-state index is 0.0919. The first kappa shape index (κ1) is 20.4. The van der Waals surface area contributed by atoms with Gasteiger partial charge in [-0.3, -0.25) is 0 Å². The SMILES string of the molecule is CC.CCC.OCCC(O)(CCO)c1ccccc1. The van der Waals surface area contributed by atoms with Crippen LogP contribution in [0.15, 0.2) is 30.3 Å². The molecule has 0 heterocycles. The van der Waals surface area contributed by atoms with E-state index in [1.54, 1.807) is 12.1 Å². The summed E-state index contributed by atoms with van der Waals surface area (Å²) in [4.78, 5) is 0. The Morgan fingerprint density at radius 1 is 0.895 bits per heavy atom. The Kier molecular flexibility index (Phi) is 14.5. The zero-order valence-electron chi connectivity index (χ0n) is 12.8. The van der Waals surface area contributed by atoms with Crippen molar-refractivity contribution in [2.75, 3.05) is 13.2 Å². The number of benzene rings is 1. The second-order valence-corrected chi connectivity index (χ2v) is 4.05. The Morgan fingerprint density at radius 2 is 1.26 bits per heavy atom. The minimum Gasteiger partial charge on any atom is -0.396 e. The van der Waals surface area contributed by atoms with E-state index in [0.29, 0.717) is 0 Å². The molecule has 1 rings (SSSR count). The minimum atomic E-state index is -1.11. The average Bonchev–Trinajstić information content (AvgIpc) is 2.43. The number of aliphatic hydroxyl groups is 3. The molecule has 0 bridgehead atoms. The third-order valence-electron chi connectivity index (χ3n) is 2.36. The maximum Gasteiger partial charge on any atom is 0.0940 e. The zero-order valence-corrected chi connectivity index (χ0v) is 12.8. The van der Waals surface area contributed by atoms with Crippen LogP contribution >= 0.6 is 0 Å². The fourth-order valence-electron chi connectivity index (χ4n) is 1.53. The highest BCUT2D eigenvalue weighted by atomic mass is 16.3. The van der Waals surface area contributed by atoms with Crippen molar-refractivity contribution in [2.24, 2.45) is 0 Å². The predicted octanol–water partition coefficient (Wildman–Crippen LogP) is 3.08. The van der Waals surface area contributed by atoms with E-state index < -0.39 is 5.60 Å². The summed E-state index contributed by atoms with van der Waals surface area (Å²) in [5, 5.41) is 27.9. The Hall–Kier alpha value is -0.900. The van der Waals surface area contributed by atoms with Crippen LogP contribution in [0.5, 0.6) is 0 Å². The summed E-state index contributed by atoms with van der Waals surface area (Å²) >= 11 is 0. The van der Waals surface area contributed by atoms with Crippen molar-refractivity contribution in [3.8, 4) is 0 Å². The van der Waals surface area contributed by atoms with E-state index in [1.165, 1.54) is 6.42 Å². The first-order valence-electron chi connectivity index (χ1n) is 7.14. The molecule has 0 amide bonds. The molecule has 0 aliphatic rings. The third-order valence-corrected chi connectivity index (χ3v) is 2.36. The molecule has 1 aromatic carbocycles. The Balaban J connectivity index is 0. The lowest BCUT2D eigenvalue weighted by Gasteiger charge is -2.27. The van der Waals surface area contributed by atoms with Gasteiger partial charge >= 0.3 is 0 Å². The normalized spacial score (nSPS) is 9.84. The summed E-state index contributed by atoms with van der Waals surface area (Å²) in [6, 6.07) is 9.11. The molecular weight excluding hydrogens is 240 g/mol. The standard InChI is InChI=1S/C11H16O3.C3H8.C2H6/c12-8-6-11(14,7-9-13)10-4-2-1-3-5-10;1-3-2;1-2/h1-5,12-14H,6-9H2;3H2,1-2H3;1-2H3. The zero-order chi connectivity index (χ0) is 15.1. The average molecular weight is 270 g/mol. The largest absolute Gasteiger partial charge is 0.396 e. The van der Waals surface area contributed by atoms with Crippen LogP contribution in [0.3, 0.4) is 0 Å². The van der Waals surface area contributed by atoms with Crippen LogP contribution < -0.4 is 0 Å². The van der Waals surface area contributed by atoms with Crippen LogP contribution in [0, 0.1) is 0 Å². The molecular formula is C16H30O3. The molecule has 3 nitrogen and oxygen atoms in total. The molecule has 1 aromatic rings.